The number of thiophene rings is 1. The van der Waals surface area contributed by atoms with Crippen LogP contribution < -0.4 is 5.32 Å². The molecule has 5 nitrogen and oxygen atoms in total. The van der Waals surface area contributed by atoms with Gasteiger partial charge in [-0.3, -0.25) is 0 Å². The number of rotatable bonds is 6. The molecule has 4 rings (SSSR count). The number of imide groups is 1. The Morgan fingerprint density at radius 1 is 1.16 bits per heavy atom. The van der Waals surface area contributed by atoms with Gasteiger partial charge in [0.2, 0.25) is 0 Å². The van der Waals surface area contributed by atoms with Gasteiger partial charge in [0.05, 0.1) is 0 Å². The summed E-state index contributed by atoms with van der Waals surface area (Å²) in [4.78, 5) is 28.5. The average Bonchev–Trinajstić information content (AvgIpc) is 3.39. The third-order valence-corrected chi connectivity index (χ3v) is 7.66. The van der Waals surface area contributed by atoms with Gasteiger partial charge in [0.1, 0.15) is 12.6 Å². The number of hydrogen-bond acceptors (Lipinski definition) is 4. The molecule has 1 N–H and O–H groups in total. The number of ether oxygens (including phenoxy) is 1. The number of halogens is 2. The number of amides is 3. The van der Waals surface area contributed by atoms with E-state index in [1.54, 1.807) is 0 Å². The minimum absolute atomic E-state index is 0.0790. The molecular formula is C24H28F2N2O3S. The van der Waals surface area contributed by atoms with Crippen molar-refractivity contribution >= 4 is 23.5 Å². The average molecular weight is 463 g/mol. The maximum atomic E-state index is 13.6. The Morgan fingerprint density at radius 2 is 1.94 bits per heavy atom. The molecule has 0 spiro atoms. The van der Waals surface area contributed by atoms with E-state index >= 15 is 0 Å². The summed E-state index contributed by atoms with van der Waals surface area (Å²) in [6.45, 7) is 2.53. The molecule has 2 aliphatic rings. The molecule has 1 aromatic heterocycles. The van der Waals surface area contributed by atoms with Gasteiger partial charge in [-0.15, -0.1) is 11.3 Å². The lowest BCUT2D eigenvalue weighted by Gasteiger charge is -2.28. The number of carbonyl (C=O) groups excluding carboxylic acids is 2. The number of benzene rings is 1. The topological polar surface area (TPSA) is 58.6 Å². The monoisotopic (exact) mass is 462 g/mol. The lowest BCUT2D eigenvalue weighted by molar-refractivity contribution is 0.158. The van der Waals surface area contributed by atoms with E-state index in [-0.39, 0.29) is 6.61 Å². The Labute approximate surface area is 190 Å². The number of aryl methyl sites for hydroxylation is 1. The molecule has 8 heteroatoms. The van der Waals surface area contributed by atoms with Gasteiger partial charge in [0.15, 0.2) is 11.6 Å². The van der Waals surface area contributed by atoms with Crippen LogP contribution in [0.15, 0.2) is 30.3 Å². The van der Waals surface area contributed by atoms with E-state index < -0.39 is 29.8 Å². The van der Waals surface area contributed by atoms with Crippen molar-refractivity contribution in [2.75, 3.05) is 13.2 Å². The van der Waals surface area contributed by atoms with Crippen LogP contribution in [-0.2, 0) is 4.74 Å². The zero-order chi connectivity index (χ0) is 22.7. The van der Waals surface area contributed by atoms with Crippen molar-refractivity contribution in [1.82, 2.24) is 10.2 Å². The van der Waals surface area contributed by atoms with Gasteiger partial charge >= 0.3 is 12.1 Å². The molecule has 0 radical (unpaired) electrons. The van der Waals surface area contributed by atoms with Crippen LogP contribution in [0.3, 0.4) is 0 Å². The Balaban J connectivity index is 1.22. The highest BCUT2D eigenvalue weighted by molar-refractivity contribution is 7.12. The predicted molar refractivity (Wildman–Crippen MR) is 119 cm³/mol. The lowest BCUT2D eigenvalue weighted by atomic mass is 9.79. The first-order chi connectivity index (χ1) is 15.4. The van der Waals surface area contributed by atoms with Gasteiger partial charge in [-0.1, -0.05) is 6.07 Å². The van der Waals surface area contributed by atoms with Gasteiger partial charge in [0, 0.05) is 16.3 Å². The molecule has 2 heterocycles. The molecule has 32 heavy (non-hydrogen) atoms. The smallest absolute Gasteiger partial charge is 0.418 e. The van der Waals surface area contributed by atoms with E-state index in [1.807, 2.05) is 11.3 Å². The van der Waals surface area contributed by atoms with Crippen LogP contribution >= 0.6 is 11.3 Å². The summed E-state index contributed by atoms with van der Waals surface area (Å²) < 4.78 is 31.8. The van der Waals surface area contributed by atoms with E-state index in [9.17, 15) is 18.4 Å². The first kappa shape index (κ1) is 22.7. The second kappa shape index (κ2) is 9.98. The van der Waals surface area contributed by atoms with Crippen LogP contribution in [0.2, 0.25) is 0 Å². The summed E-state index contributed by atoms with van der Waals surface area (Å²) in [6, 6.07) is 6.46. The molecule has 0 bridgehead atoms. The van der Waals surface area contributed by atoms with Crippen molar-refractivity contribution in [3.63, 3.8) is 0 Å². The second-order valence-corrected chi connectivity index (χ2v) is 10.00. The van der Waals surface area contributed by atoms with Gasteiger partial charge < -0.3 is 10.1 Å². The van der Waals surface area contributed by atoms with Gasteiger partial charge in [-0.25, -0.2) is 23.3 Å². The van der Waals surface area contributed by atoms with Crippen molar-refractivity contribution in [1.29, 1.82) is 0 Å². The summed E-state index contributed by atoms with van der Waals surface area (Å²) in [5.41, 5.74) is 0.322. The van der Waals surface area contributed by atoms with Crippen LogP contribution in [0, 0.1) is 24.5 Å². The molecule has 1 atom stereocenters. The van der Waals surface area contributed by atoms with Crippen LogP contribution in [0.4, 0.5) is 18.4 Å². The lowest BCUT2D eigenvalue weighted by Crippen LogP contribution is -2.42. The number of carbonyl (C=O) groups is 2. The Morgan fingerprint density at radius 3 is 2.62 bits per heavy atom. The molecule has 172 valence electrons. The molecule has 1 unspecified atom stereocenters. The van der Waals surface area contributed by atoms with Crippen molar-refractivity contribution in [3.05, 3.63) is 57.3 Å². The summed E-state index contributed by atoms with van der Waals surface area (Å²) in [5, 5.41) is 2.78. The Bertz CT molecular complexity index is 972. The molecule has 1 aromatic carbocycles. The molecular weight excluding hydrogens is 434 g/mol. The molecule has 1 saturated carbocycles. The third-order valence-electron chi connectivity index (χ3n) is 6.50. The maximum Gasteiger partial charge on any atom is 0.418 e. The van der Waals surface area contributed by atoms with Crippen LogP contribution in [0.5, 0.6) is 0 Å². The van der Waals surface area contributed by atoms with Crippen molar-refractivity contribution in [3.8, 4) is 0 Å². The van der Waals surface area contributed by atoms with Crippen LogP contribution in [0.1, 0.15) is 65.8 Å². The first-order valence-corrected chi connectivity index (χ1v) is 12.0. The molecule has 1 aliphatic heterocycles. The number of cyclic esters (lactones) is 1. The summed E-state index contributed by atoms with van der Waals surface area (Å²) >= 11 is 1.90. The van der Waals surface area contributed by atoms with Gasteiger partial charge in [-0.2, -0.15) is 0 Å². The van der Waals surface area contributed by atoms with Gasteiger partial charge in [0.25, 0.3) is 0 Å². The molecule has 1 aliphatic carbocycles. The largest absolute Gasteiger partial charge is 0.446 e. The minimum Gasteiger partial charge on any atom is -0.446 e. The maximum absolute atomic E-state index is 13.6. The fraction of sp³-hybridized carbons (Fsp3) is 0.500. The molecule has 1 saturated heterocycles. The van der Waals surface area contributed by atoms with Crippen molar-refractivity contribution < 1.29 is 23.1 Å². The van der Waals surface area contributed by atoms with E-state index in [0.29, 0.717) is 23.9 Å². The quantitative estimate of drug-likeness (QED) is 0.513. The highest BCUT2D eigenvalue weighted by atomic mass is 32.1. The Kier molecular flexibility index (Phi) is 7.08. The van der Waals surface area contributed by atoms with E-state index in [2.05, 4.69) is 24.4 Å². The van der Waals surface area contributed by atoms with E-state index in [4.69, 9.17) is 4.74 Å². The summed E-state index contributed by atoms with van der Waals surface area (Å²) in [7, 11) is 0. The number of urea groups is 1. The highest BCUT2D eigenvalue weighted by Crippen LogP contribution is 2.39. The molecule has 3 amide bonds. The summed E-state index contributed by atoms with van der Waals surface area (Å²) in [5.74, 6) is -0.657. The Hall–Kier alpha value is -2.48. The molecule has 2 fully saturated rings. The predicted octanol–water partition coefficient (Wildman–Crippen LogP) is 6.29. The van der Waals surface area contributed by atoms with Crippen LogP contribution in [0.25, 0.3) is 0 Å². The van der Waals surface area contributed by atoms with Crippen molar-refractivity contribution in [2.24, 2.45) is 5.92 Å². The fourth-order valence-electron chi connectivity index (χ4n) is 4.69. The standard InChI is InChI=1S/C24H28F2N2O3S/c1-15-4-11-22(32-15)17-7-5-16(6-8-17)3-2-12-27-23(29)28-21(14-31-24(28)30)18-9-10-19(25)20(26)13-18/h4,9-11,13,16-17,21H,2-3,5-8,12,14H2,1H3,(H,27,29). The van der Waals surface area contributed by atoms with Crippen molar-refractivity contribution in [2.45, 2.75) is 57.4 Å². The summed E-state index contributed by atoms with van der Waals surface area (Å²) in [6.07, 6.45) is 5.92. The van der Waals surface area contributed by atoms with Crippen LogP contribution in [-0.4, -0.2) is 30.2 Å². The van der Waals surface area contributed by atoms with Gasteiger partial charge in [-0.05, 0) is 87.1 Å². The van der Waals surface area contributed by atoms with E-state index in [1.165, 1.54) is 41.5 Å². The zero-order valence-corrected chi connectivity index (χ0v) is 18.9. The fourth-order valence-corrected chi connectivity index (χ4v) is 5.74. The first-order valence-electron chi connectivity index (χ1n) is 11.2. The highest BCUT2D eigenvalue weighted by Gasteiger charge is 2.39. The second-order valence-electron chi connectivity index (χ2n) is 8.68. The normalized spacial score (nSPS) is 23.3. The number of nitrogens with one attached hydrogen (secondary N) is 1. The number of nitrogens with zero attached hydrogens (tertiary/aromatic N) is 1. The van der Waals surface area contributed by atoms with E-state index in [0.717, 1.165) is 29.9 Å². The SMILES string of the molecule is Cc1ccc(C2CCC(CCCNC(=O)N3C(=O)OCC3c3ccc(F)c(F)c3)CC2)s1. The third kappa shape index (κ3) is 5.11. The molecule has 2 aromatic rings. The minimum atomic E-state index is -1.02. The number of hydrogen-bond donors (Lipinski definition) is 1. The zero-order valence-electron chi connectivity index (χ0n) is 18.1.